The first kappa shape index (κ1) is 12.9. The highest BCUT2D eigenvalue weighted by atomic mass is 15.3. The normalized spacial score (nSPS) is 12.8. The number of nitrogens with zero attached hydrogens (tertiary/aromatic N) is 3. The molecule has 0 amide bonds. The molecule has 5 nitrogen and oxygen atoms in total. The second-order valence-corrected chi connectivity index (χ2v) is 4.09. The fraction of sp³-hybridized carbons (Fsp3) is 0.636. The first-order valence-corrected chi connectivity index (χ1v) is 5.65. The van der Waals surface area contributed by atoms with Gasteiger partial charge in [-0.05, 0) is 20.4 Å². The zero-order valence-electron chi connectivity index (χ0n) is 10.3. The molecule has 0 aliphatic heterocycles. The molecule has 1 rings (SSSR count). The molecule has 0 aliphatic rings. The lowest BCUT2D eigenvalue weighted by atomic mass is 10.2. The zero-order chi connectivity index (χ0) is 12.0. The van der Waals surface area contributed by atoms with Crippen molar-refractivity contribution in [2.45, 2.75) is 39.3 Å². The van der Waals surface area contributed by atoms with E-state index in [4.69, 9.17) is 5.84 Å². The van der Waals surface area contributed by atoms with Crippen LogP contribution in [0.15, 0.2) is 12.4 Å². The standard InChI is InChI=1S/C11H21N5/c1-4-5-9(2)16(3)8-10-6-14-11(15-12)7-13-10/h6-7,9H,4-5,8,12H2,1-3H3,(H,14,15). The van der Waals surface area contributed by atoms with Crippen molar-refractivity contribution in [1.82, 2.24) is 14.9 Å². The Morgan fingerprint density at radius 1 is 1.44 bits per heavy atom. The molecule has 0 saturated heterocycles. The van der Waals surface area contributed by atoms with E-state index in [0.717, 1.165) is 12.2 Å². The van der Waals surface area contributed by atoms with Gasteiger partial charge in [0.05, 0.1) is 18.1 Å². The molecule has 90 valence electrons. The molecule has 0 spiro atoms. The summed E-state index contributed by atoms with van der Waals surface area (Å²) in [7, 11) is 2.11. The molecule has 1 aromatic rings. The van der Waals surface area contributed by atoms with Crippen LogP contribution in [0.2, 0.25) is 0 Å². The Balaban J connectivity index is 2.52. The van der Waals surface area contributed by atoms with E-state index in [1.165, 1.54) is 12.8 Å². The van der Waals surface area contributed by atoms with E-state index in [1.54, 1.807) is 12.4 Å². The molecule has 0 aromatic carbocycles. The number of hydrazine groups is 1. The highest BCUT2D eigenvalue weighted by Crippen LogP contribution is 2.08. The summed E-state index contributed by atoms with van der Waals surface area (Å²) >= 11 is 0. The quantitative estimate of drug-likeness (QED) is 0.563. The van der Waals surface area contributed by atoms with Crippen molar-refractivity contribution < 1.29 is 0 Å². The van der Waals surface area contributed by atoms with Crippen LogP contribution in [-0.2, 0) is 6.54 Å². The van der Waals surface area contributed by atoms with Gasteiger partial charge in [0.15, 0.2) is 5.82 Å². The third-order valence-corrected chi connectivity index (χ3v) is 2.72. The van der Waals surface area contributed by atoms with Gasteiger partial charge < -0.3 is 5.43 Å². The van der Waals surface area contributed by atoms with Gasteiger partial charge in [0.2, 0.25) is 0 Å². The lowest BCUT2D eigenvalue weighted by molar-refractivity contribution is 0.234. The molecule has 0 radical (unpaired) electrons. The summed E-state index contributed by atoms with van der Waals surface area (Å²) in [5.41, 5.74) is 3.43. The molecule has 0 bridgehead atoms. The van der Waals surface area contributed by atoms with Gasteiger partial charge in [0.1, 0.15) is 0 Å². The minimum atomic E-state index is 0.569. The maximum Gasteiger partial charge on any atom is 0.158 e. The highest BCUT2D eigenvalue weighted by molar-refractivity contribution is 5.28. The average Bonchev–Trinajstić information content (AvgIpc) is 2.30. The van der Waals surface area contributed by atoms with E-state index < -0.39 is 0 Å². The van der Waals surface area contributed by atoms with Crippen molar-refractivity contribution in [3.05, 3.63) is 18.1 Å². The number of anilines is 1. The third kappa shape index (κ3) is 3.75. The molecular formula is C11H21N5. The molecule has 1 aromatic heterocycles. The Kier molecular flexibility index (Phi) is 5.14. The van der Waals surface area contributed by atoms with Gasteiger partial charge in [-0.1, -0.05) is 13.3 Å². The lowest BCUT2D eigenvalue weighted by Gasteiger charge is -2.23. The Labute approximate surface area is 97.0 Å². The molecule has 1 unspecified atom stereocenters. The van der Waals surface area contributed by atoms with E-state index >= 15 is 0 Å². The lowest BCUT2D eigenvalue weighted by Crippen LogP contribution is -2.28. The molecule has 0 saturated carbocycles. The van der Waals surface area contributed by atoms with Crippen LogP contribution in [0.4, 0.5) is 5.82 Å². The number of nitrogens with two attached hydrogens (primary N) is 1. The van der Waals surface area contributed by atoms with Crippen molar-refractivity contribution in [1.29, 1.82) is 0 Å². The molecule has 1 heterocycles. The van der Waals surface area contributed by atoms with Crippen LogP contribution < -0.4 is 11.3 Å². The average molecular weight is 223 g/mol. The highest BCUT2D eigenvalue weighted by Gasteiger charge is 2.09. The maximum absolute atomic E-state index is 5.23. The minimum absolute atomic E-state index is 0.569. The molecule has 5 heteroatoms. The predicted molar refractivity (Wildman–Crippen MR) is 65.7 cm³/mol. The summed E-state index contributed by atoms with van der Waals surface area (Å²) in [6.45, 7) is 5.25. The van der Waals surface area contributed by atoms with E-state index in [1.807, 2.05) is 0 Å². The Bertz CT molecular complexity index is 298. The summed E-state index contributed by atoms with van der Waals surface area (Å²) in [4.78, 5) is 10.7. The minimum Gasteiger partial charge on any atom is -0.307 e. The van der Waals surface area contributed by atoms with E-state index in [-0.39, 0.29) is 0 Å². The number of hydrogen-bond donors (Lipinski definition) is 2. The first-order valence-electron chi connectivity index (χ1n) is 5.65. The van der Waals surface area contributed by atoms with E-state index in [2.05, 4.69) is 41.2 Å². The van der Waals surface area contributed by atoms with Gasteiger partial charge in [-0.15, -0.1) is 0 Å². The van der Waals surface area contributed by atoms with Crippen LogP contribution in [-0.4, -0.2) is 28.0 Å². The van der Waals surface area contributed by atoms with Gasteiger partial charge in [0, 0.05) is 12.6 Å². The van der Waals surface area contributed by atoms with Crippen LogP contribution in [0.1, 0.15) is 32.4 Å². The van der Waals surface area contributed by atoms with Crippen LogP contribution in [0, 0.1) is 0 Å². The molecular weight excluding hydrogens is 202 g/mol. The maximum atomic E-state index is 5.23. The van der Waals surface area contributed by atoms with Crippen molar-refractivity contribution >= 4 is 5.82 Å². The number of aromatic nitrogens is 2. The van der Waals surface area contributed by atoms with Crippen LogP contribution in [0.25, 0.3) is 0 Å². The number of rotatable bonds is 6. The molecule has 3 N–H and O–H groups in total. The Morgan fingerprint density at radius 3 is 2.69 bits per heavy atom. The summed E-state index contributed by atoms with van der Waals surface area (Å²) < 4.78 is 0. The Hall–Kier alpha value is -1.20. The molecule has 1 atom stereocenters. The summed E-state index contributed by atoms with van der Waals surface area (Å²) in [6, 6.07) is 0.569. The van der Waals surface area contributed by atoms with Crippen LogP contribution >= 0.6 is 0 Å². The smallest absolute Gasteiger partial charge is 0.158 e. The fourth-order valence-corrected chi connectivity index (χ4v) is 1.56. The number of hydrogen-bond acceptors (Lipinski definition) is 5. The van der Waals surface area contributed by atoms with Gasteiger partial charge in [-0.25, -0.2) is 10.8 Å². The summed E-state index contributed by atoms with van der Waals surface area (Å²) in [6.07, 6.45) is 5.80. The van der Waals surface area contributed by atoms with Gasteiger partial charge >= 0.3 is 0 Å². The molecule has 0 aliphatic carbocycles. The number of nitrogen functional groups attached to an aromatic ring is 1. The summed E-state index contributed by atoms with van der Waals surface area (Å²) in [5.74, 6) is 5.82. The predicted octanol–water partition coefficient (Wildman–Crippen LogP) is 1.38. The molecule has 0 fully saturated rings. The van der Waals surface area contributed by atoms with Crippen LogP contribution in [0.3, 0.4) is 0 Å². The zero-order valence-corrected chi connectivity index (χ0v) is 10.3. The van der Waals surface area contributed by atoms with Crippen molar-refractivity contribution in [2.75, 3.05) is 12.5 Å². The monoisotopic (exact) mass is 223 g/mol. The second-order valence-electron chi connectivity index (χ2n) is 4.09. The topological polar surface area (TPSA) is 67.1 Å². The van der Waals surface area contributed by atoms with E-state index in [9.17, 15) is 0 Å². The van der Waals surface area contributed by atoms with Crippen LogP contribution in [0.5, 0.6) is 0 Å². The molecule has 16 heavy (non-hydrogen) atoms. The fourth-order valence-electron chi connectivity index (χ4n) is 1.56. The van der Waals surface area contributed by atoms with E-state index in [0.29, 0.717) is 11.9 Å². The van der Waals surface area contributed by atoms with Gasteiger partial charge in [-0.3, -0.25) is 9.88 Å². The number of nitrogens with one attached hydrogen (secondary N) is 1. The van der Waals surface area contributed by atoms with Crippen molar-refractivity contribution in [3.63, 3.8) is 0 Å². The largest absolute Gasteiger partial charge is 0.307 e. The third-order valence-electron chi connectivity index (χ3n) is 2.72. The SMILES string of the molecule is CCCC(C)N(C)Cc1cnc(NN)cn1. The van der Waals surface area contributed by atoms with Crippen molar-refractivity contribution in [3.8, 4) is 0 Å². The second kappa shape index (κ2) is 6.40. The van der Waals surface area contributed by atoms with Crippen molar-refractivity contribution in [2.24, 2.45) is 5.84 Å². The summed E-state index contributed by atoms with van der Waals surface area (Å²) in [5, 5.41) is 0. The van der Waals surface area contributed by atoms with Gasteiger partial charge in [0.25, 0.3) is 0 Å². The first-order chi connectivity index (χ1) is 7.67. The van der Waals surface area contributed by atoms with Gasteiger partial charge in [-0.2, -0.15) is 0 Å². The Morgan fingerprint density at radius 2 is 2.19 bits per heavy atom.